The van der Waals surface area contributed by atoms with Gasteiger partial charge in [-0.3, -0.25) is 10.1 Å². The average molecular weight is 488 g/mol. The number of ether oxygens (including phenoxy) is 1. The fourth-order valence-corrected chi connectivity index (χ4v) is 5.07. The molecule has 10 heteroatoms. The molecule has 0 aliphatic carbocycles. The Bertz CT molecular complexity index is 1110. The number of nitrogens with one attached hydrogen (secondary N) is 2. The van der Waals surface area contributed by atoms with Crippen LogP contribution in [-0.4, -0.2) is 50.3 Å². The first-order valence-electron chi connectivity index (χ1n) is 11.2. The highest BCUT2D eigenvalue weighted by Gasteiger charge is 2.29. The molecule has 1 aliphatic rings. The van der Waals surface area contributed by atoms with Gasteiger partial charge in [0.1, 0.15) is 0 Å². The Morgan fingerprint density at radius 3 is 2.24 bits per heavy atom. The smallest absolute Gasteiger partial charge is 0.339 e. The molecule has 2 aromatic rings. The lowest BCUT2D eigenvalue weighted by molar-refractivity contribution is -0.129. The molecule has 0 bridgehead atoms. The van der Waals surface area contributed by atoms with Crippen LogP contribution >= 0.6 is 0 Å². The first kappa shape index (κ1) is 25.4. The molecule has 3 rings (SSSR count). The fourth-order valence-electron chi connectivity index (χ4n) is 3.60. The summed E-state index contributed by atoms with van der Waals surface area (Å²) in [5.41, 5.74) is 0.467. The fraction of sp³-hybridized carbons (Fsp3) is 0.375. The second-order valence-corrected chi connectivity index (χ2v) is 10.1. The number of hydrogen-bond donors (Lipinski definition) is 2. The summed E-state index contributed by atoms with van der Waals surface area (Å²) in [6.07, 6.45) is 0.251. The van der Waals surface area contributed by atoms with Gasteiger partial charge in [0.05, 0.1) is 10.5 Å². The van der Waals surface area contributed by atoms with Crippen molar-refractivity contribution < 1.29 is 27.5 Å². The van der Waals surface area contributed by atoms with Gasteiger partial charge >= 0.3 is 12.0 Å². The van der Waals surface area contributed by atoms with E-state index in [1.807, 2.05) is 0 Å². The van der Waals surface area contributed by atoms with E-state index >= 15 is 0 Å². The number of benzene rings is 2. The van der Waals surface area contributed by atoms with Crippen molar-refractivity contribution in [2.24, 2.45) is 5.92 Å². The summed E-state index contributed by atoms with van der Waals surface area (Å²) in [5, 5.41) is 4.60. The van der Waals surface area contributed by atoms with Crippen molar-refractivity contribution in [2.45, 2.75) is 37.7 Å². The van der Waals surface area contributed by atoms with Crippen molar-refractivity contribution >= 4 is 27.9 Å². The van der Waals surface area contributed by atoms with Gasteiger partial charge in [0.25, 0.3) is 5.91 Å². The van der Waals surface area contributed by atoms with Crippen LogP contribution in [0.15, 0.2) is 59.5 Å². The Labute approximate surface area is 199 Å². The molecule has 1 fully saturated rings. The molecule has 2 aromatic carbocycles. The van der Waals surface area contributed by atoms with E-state index in [1.54, 1.807) is 37.3 Å². The van der Waals surface area contributed by atoms with E-state index in [-0.39, 0.29) is 10.5 Å². The molecule has 3 amide bonds. The molecule has 34 heavy (non-hydrogen) atoms. The maximum absolute atomic E-state index is 12.9. The third-order valence-corrected chi connectivity index (χ3v) is 7.52. The van der Waals surface area contributed by atoms with Crippen molar-refractivity contribution in [3.05, 3.63) is 65.7 Å². The molecule has 1 unspecified atom stereocenters. The van der Waals surface area contributed by atoms with E-state index in [2.05, 4.69) is 17.6 Å². The molecule has 0 aromatic heterocycles. The molecule has 0 radical (unpaired) electrons. The summed E-state index contributed by atoms with van der Waals surface area (Å²) in [4.78, 5) is 37.3. The highest BCUT2D eigenvalue weighted by molar-refractivity contribution is 7.89. The number of amides is 3. The Kier molecular flexibility index (Phi) is 8.41. The van der Waals surface area contributed by atoms with E-state index in [1.165, 1.54) is 28.6 Å². The van der Waals surface area contributed by atoms with Gasteiger partial charge < -0.3 is 10.1 Å². The number of urea groups is 1. The standard InChI is InChI=1S/C24H29N3O6S/c1-3-25-24(30)26-22(28)21(18-7-5-4-6-8-18)33-23(29)19-9-11-20(12-10-19)34(31,32)27-15-13-17(2)14-16-27/h4-12,17,21H,3,13-16H2,1-2H3,(H2,25,26,28,30). The summed E-state index contributed by atoms with van der Waals surface area (Å²) >= 11 is 0. The number of carbonyl (C=O) groups excluding carboxylic acids is 3. The quantitative estimate of drug-likeness (QED) is 0.579. The Balaban J connectivity index is 1.75. The van der Waals surface area contributed by atoms with Crippen LogP contribution in [0.2, 0.25) is 0 Å². The van der Waals surface area contributed by atoms with E-state index in [0.717, 1.165) is 12.8 Å². The lowest BCUT2D eigenvalue weighted by Gasteiger charge is -2.29. The van der Waals surface area contributed by atoms with Gasteiger partial charge in [-0.1, -0.05) is 37.3 Å². The maximum Gasteiger partial charge on any atom is 0.339 e. The molecular weight excluding hydrogens is 458 g/mol. The predicted molar refractivity (Wildman–Crippen MR) is 125 cm³/mol. The zero-order valence-corrected chi connectivity index (χ0v) is 20.0. The first-order valence-corrected chi connectivity index (χ1v) is 12.6. The molecule has 1 atom stereocenters. The van der Waals surface area contributed by atoms with E-state index in [4.69, 9.17) is 4.74 Å². The van der Waals surface area contributed by atoms with Crippen molar-refractivity contribution in [1.82, 2.24) is 14.9 Å². The number of hydrogen-bond acceptors (Lipinski definition) is 6. The van der Waals surface area contributed by atoms with E-state index in [0.29, 0.717) is 31.1 Å². The summed E-state index contributed by atoms with van der Waals surface area (Å²) < 4.78 is 32.7. The molecule has 1 aliphatic heterocycles. The predicted octanol–water partition coefficient (Wildman–Crippen LogP) is 2.85. The summed E-state index contributed by atoms with van der Waals surface area (Å²) in [6.45, 7) is 5.05. The molecule has 1 saturated heterocycles. The van der Waals surface area contributed by atoms with Gasteiger partial charge in [0.15, 0.2) is 0 Å². The van der Waals surface area contributed by atoms with Crippen LogP contribution in [0.3, 0.4) is 0 Å². The third kappa shape index (κ3) is 6.21. The van der Waals surface area contributed by atoms with Gasteiger partial charge in [-0.05, 0) is 49.9 Å². The number of carbonyl (C=O) groups is 3. The maximum atomic E-state index is 12.9. The summed E-state index contributed by atoms with van der Waals surface area (Å²) in [5.74, 6) is -1.13. The van der Waals surface area contributed by atoms with Gasteiger partial charge in [-0.2, -0.15) is 4.31 Å². The number of rotatable bonds is 7. The van der Waals surface area contributed by atoms with Crippen LogP contribution in [0.4, 0.5) is 4.79 Å². The molecular formula is C24H29N3O6S. The van der Waals surface area contributed by atoms with Crippen LogP contribution < -0.4 is 10.6 Å². The highest BCUT2D eigenvalue weighted by Crippen LogP contribution is 2.25. The molecule has 9 nitrogen and oxygen atoms in total. The molecule has 1 heterocycles. The van der Waals surface area contributed by atoms with Crippen molar-refractivity contribution in [3.8, 4) is 0 Å². The number of sulfonamides is 1. The second kappa shape index (κ2) is 11.3. The van der Waals surface area contributed by atoms with Crippen LogP contribution in [-0.2, 0) is 19.6 Å². The zero-order valence-electron chi connectivity index (χ0n) is 19.2. The van der Waals surface area contributed by atoms with Crippen molar-refractivity contribution in [1.29, 1.82) is 0 Å². The average Bonchev–Trinajstić information content (AvgIpc) is 2.83. The van der Waals surface area contributed by atoms with Gasteiger partial charge in [-0.25, -0.2) is 18.0 Å². The normalized spacial score (nSPS) is 15.8. The minimum Gasteiger partial charge on any atom is -0.444 e. The minimum atomic E-state index is -3.65. The Morgan fingerprint density at radius 2 is 1.65 bits per heavy atom. The third-order valence-electron chi connectivity index (χ3n) is 5.61. The lowest BCUT2D eigenvalue weighted by Crippen LogP contribution is -2.42. The largest absolute Gasteiger partial charge is 0.444 e. The summed E-state index contributed by atoms with van der Waals surface area (Å²) in [7, 11) is -3.65. The lowest BCUT2D eigenvalue weighted by atomic mass is 10.0. The van der Waals surface area contributed by atoms with E-state index < -0.39 is 34.0 Å². The van der Waals surface area contributed by atoms with Crippen LogP contribution in [0.25, 0.3) is 0 Å². The molecule has 0 saturated carbocycles. The number of nitrogens with zero attached hydrogens (tertiary/aromatic N) is 1. The minimum absolute atomic E-state index is 0.0814. The van der Waals surface area contributed by atoms with Crippen molar-refractivity contribution in [2.75, 3.05) is 19.6 Å². The number of esters is 1. The van der Waals surface area contributed by atoms with Gasteiger partial charge in [0, 0.05) is 25.2 Å². The highest BCUT2D eigenvalue weighted by atomic mass is 32.2. The topological polar surface area (TPSA) is 122 Å². The van der Waals surface area contributed by atoms with Crippen LogP contribution in [0.1, 0.15) is 48.7 Å². The Morgan fingerprint density at radius 1 is 1.03 bits per heavy atom. The summed E-state index contributed by atoms with van der Waals surface area (Å²) in [6, 6.07) is 13.0. The molecule has 2 N–H and O–H groups in total. The molecule has 182 valence electrons. The number of piperidine rings is 1. The monoisotopic (exact) mass is 487 g/mol. The molecule has 0 spiro atoms. The zero-order chi connectivity index (χ0) is 24.7. The number of imide groups is 1. The SMILES string of the molecule is CCNC(=O)NC(=O)C(OC(=O)c1ccc(S(=O)(=O)N2CCC(C)CC2)cc1)c1ccccc1. The van der Waals surface area contributed by atoms with Gasteiger partial charge in [0.2, 0.25) is 16.1 Å². The first-order chi connectivity index (χ1) is 16.2. The van der Waals surface area contributed by atoms with Crippen LogP contribution in [0, 0.1) is 5.92 Å². The Hall–Kier alpha value is -3.24. The van der Waals surface area contributed by atoms with Gasteiger partial charge in [-0.15, -0.1) is 0 Å². The van der Waals surface area contributed by atoms with Crippen LogP contribution in [0.5, 0.6) is 0 Å². The van der Waals surface area contributed by atoms with Crippen molar-refractivity contribution in [3.63, 3.8) is 0 Å². The van der Waals surface area contributed by atoms with E-state index in [9.17, 15) is 22.8 Å². The second-order valence-electron chi connectivity index (χ2n) is 8.16.